The molecule has 0 bridgehead atoms. The van der Waals surface area contributed by atoms with E-state index in [1.165, 1.54) is 12.1 Å². The van der Waals surface area contributed by atoms with Gasteiger partial charge < -0.3 is 10.1 Å². The van der Waals surface area contributed by atoms with Crippen molar-refractivity contribution in [3.05, 3.63) is 30.1 Å². The van der Waals surface area contributed by atoms with Crippen LogP contribution in [0.4, 0.5) is 4.39 Å². The van der Waals surface area contributed by atoms with E-state index in [9.17, 15) is 4.39 Å². The van der Waals surface area contributed by atoms with Crippen molar-refractivity contribution in [3.63, 3.8) is 0 Å². The molecule has 0 saturated heterocycles. The summed E-state index contributed by atoms with van der Waals surface area (Å²) in [7, 11) is 0. The maximum Gasteiger partial charge on any atom is 0.123 e. The lowest BCUT2D eigenvalue weighted by Gasteiger charge is -2.15. The third kappa shape index (κ3) is 6.27. The van der Waals surface area contributed by atoms with Gasteiger partial charge in [0.05, 0.1) is 6.61 Å². The van der Waals surface area contributed by atoms with Crippen LogP contribution >= 0.6 is 0 Å². The van der Waals surface area contributed by atoms with E-state index in [0.717, 1.165) is 18.8 Å². The summed E-state index contributed by atoms with van der Waals surface area (Å²) in [6.07, 6.45) is 0. The number of halogens is 1. The highest BCUT2D eigenvalue weighted by molar-refractivity contribution is 5.21. The van der Waals surface area contributed by atoms with Gasteiger partial charge in [0.1, 0.15) is 11.6 Å². The van der Waals surface area contributed by atoms with Crippen LogP contribution in [0.25, 0.3) is 0 Å². The second kappa shape index (κ2) is 7.28. The SMILES string of the molecule is CC(C)CNCC(C)COc1ccc(F)cc1. The molecule has 0 radical (unpaired) electrons. The normalized spacial score (nSPS) is 12.8. The fourth-order valence-corrected chi connectivity index (χ4v) is 1.45. The minimum Gasteiger partial charge on any atom is -0.493 e. The van der Waals surface area contributed by atoms with Crippen molar-refractivity contribution in [2.24, 2.45) is 11.8 Å². The van der Waals surface area contributed by atoms with E-state index in [1.54, 1.807) is 12.1 Å². The number of hydrogen-bond donors (Lipinski definition) is 1. The molecule has 0 heterocycles. The summed E-state index contributed by atoms with van der Waals surface area (Å²) in [5.74, 6) is 1.60. The zero-order valence-electron chi connectivity index (χ0n) is 10.9. The van der Waals surface area contributed by atoms with Crippen molar-refractivity contribution in [3.8, 4) is 5.75 Å². The van der Waals surface area contributed by atoms with Gasteiger partial charge in [-0.2, -0.15) is 0 Å². The zero-order chi connectivity index (χ0) is 12.7. The Bertz CT molecular complexity index is 311. The molecule has 3 heteroatoms. The summed E-state index contributed by atoms with van der Waals surface area (Å²) in [6.45, 7) is 9.13. The first-order valence-corrected chi connectivity index (χ1v) is 6.17. The third-order valence-corrected chi connectivity index (χ3v) is 2.39. The first-order chi connectivity index (χ1) is 8.08. The lowest BCUT2D eigenvalue weighted by Crippen LogP contribution is -2.28. The molecule has 1 unspecified atom stereocenters. The molecule has 1 aromatic rings. The quantitative estimate of drug-likeness (QED) is 0.789. The van der Waals surface area contributed by atoms with Crippen LogP contribution in [0.5, 0.6) is 5.75 Å². The van der Waals surface area contributed by atoms with Gasteiger partial charge in [0.2, 0.25) is 0 Å². The first-order valence-electron chi connectivity index (χ1n) is 6.17. The molecule has 0 saturated carbocycles. The summed E-state index contributed by atoms with van der Waals surface area (Å²) in [5, 5.41) is 3.39. The van der Waals surface area contributed by atoms with Gasteiger partial charge in [-0.1, -0.05) is 20.8 Å². The van der Waals surface area contributed by atoms with Crippen LogP contribution in [-0.4, -0.2) is 19.7 Å². The lowest BCUT2D eigenvalue weighted by atomic mass is 10.2. The van der Waals surface area contributed by atoms with Crippen LogP contribution in [0, 0.1) is 17.7 Å². The maximum atomic E-state index is 12.7. The summed E-state index contributed by atoms with van der Waals surface area (Å²) in [4.78, 5) is 0. The Morgan fingerprint density at radius 2 is 1.76 bits per heavy atom. The summed E-state index contributed by atoms with van der Waals surface area (Å²) < 4.78 is 18.2. The average molecular weight is 239 g/mol. The Hall–Kier alpha value is -1.09. The molecule has 1 atom stereocenters. The van der Waals surface area contributed by atoms with Crippen molar-refractivity contribution >= 4 is 0 Å². The Labute approximate surface area is 103 Å². The van der Waals surface area contributed by atoms with E-state index in [0.29, 0.717) is 18.4 Å². The Balaban J connectivity index is 2.19. The predicted molar refractivity (Wildman–Crippen MR) is 68.8 cm³/mol. The van der Waals surface area contributed by atoms with E-state index in [1.807, 2.05) is 0 Å². The van der Waals surface area contributed by atoms with Gasteiger partial charge in [-0.3, -0.25) is 0 Å². The van der Waals surface area contributed by atoms with Crippen molar-refractivity contribution in [2.75, 3.05) is 19.7 Å². The highest BCUT2D eigenvalue weighted by Gasteiger charge is 2.03. The number of nitrogens with one attached hydrogen (secondary N) is 1. The number of rotatable bonds is 7. The Kier molecular flexibility index (Phi) is 5.98. The van der Waals surface area contributed by atoms with E-state index < -0.39 is 0 Å². The van der Waals surface area contributed by atoms with Crippen molar-refractivity contribution < 1.29 is 9.13 Å². The second-order valence-corrected chi connectivity index (χ2v) is 4.92. The van der Waals surface area contributed by atoms with Gasteiger partial charge in [0.15, 0.2) is 0 Å². The Morgan fingerprint density at radius 1 is 1.12 bits per heavy atom. The van der Waals surface area contributed by atoms with Crippen molar-refractivity contribution in [1.29, 1.82) is 0 Å². The molecule has 17 heavy (non-hydrogen) atoms. The van der Waals surface area contributed by atoms with Gasteiger partial charge in [-0.05, 0) is 36.7 Å². The minimum atomic E-state index is -0.232. The Morgan fingerprint density at radius 3 is 2.35 bits per heavy atom. The summed E-state index contributed by atoms with van der Waals surface area (Å²) >= 11 is 0. The van der Waals surface area contributed by atoms with Gasteiger partial charge >= 0.3 is 0 Å². The molecule has 2 nitrogen and oxygen atoms in total. The molecule has 0 aromatic heterocycles. The molecule has 0 fully saturated rings. The zero-order valence-corrected chi connectivity index (χ0v) is 10.9. The number of ether oxygens (including phenoxy) is 1. The summed E-state index contributed by atoms with van der Waals surface area (Å²) in [6, 6.07) is 6.14. The molecule has 0 aliphatic heterocycles. The van der Waals surface area contributed by atoms with E-state index in [4.69, 9.17) is 4.74 Å². The smallest absolute Gasteiger partial charge is 0.123 e. The maximum absolute atomic E-state index is 12.7. The monoisotopic (exact) mass is 239 g/mol. The fraction of sp³-hybridized carbons (Fsp3) is 0.571. The van der Waals surface area contributed by atoms with Gasteiger partial charge in [-0.15, -0.1) is 0 Å². The van der Waals surface area contributed by atoms with E-state index in [-0.39, 0.29) is 5.82 Å². The lowest BCUT2D eigenvalue weighted by molar-refractivity contribution is 0.254. The molecular weight excluding hydrogens is 217 g/mol. The highest BCUT2D eigenvalue weighted by Crippen LogP contribution is 2.12. The van der Waals surface area contributed by atoms with Gasteiger partial charge in [0, 0.05) is 12.5 Å². The predicted octanol–water partition coefficient (Wildman–Crippen LogP) is 3.09. The molecule has 0 aliphatic rings. The molecule has 0 aliphatic carbocycles. The molecule has 96 valence electrons. The third-order valence-electron chi connectivity index (χ3n) is 2.39. The molecule has 1 aromatic carbocycles. The van der Waals surface area contributed by atoms with Crippen LogP contribution < -0.4 is 10.1 Å². The average Bonchev–Trinajstić information content (AvgIpc) is 2.28. The molecular formula is C14H22FNO. The number of hydrogen-bond acceptors (Lipinski definition) is 2. The first kappa shape index (κ1) is 14.0. The fourth-order valence-electron chi connectivity index (χ4n) is 1.45. The standard InChI is InChI=1S/C14H22FNO/c1-11(2)8-16-9-12(3)10-17-14-6-4-13(15)5-7-14/h4-7,11-12,16H,8-10H2,1-3H3. The molecule has 0 spiro atoms. The minimum absolute atomic E-state index is 0.232. The number of benzene rings is 1. The summed E-state index contributed by atoms with van der Waals surface area (Å²) in [5.41, 5.74) is 0. The molecule has 1 rings (SSSR count). The van der Waals surface area contributed by atoms with Gasteiger partial charge in [-0.25, -0.2) is 4.39 Å². The van der Waals surface area contributed by atoms with Crippen LogP contribution in [0.15, 0.2) is 24.3 Å². The van der Waals surface area contributed by atoms with E-state index in [2.05, 4.69) is 26.1 Å². The van der Waals surface area contributed by atoms with Crippen LogP contribution in [0.3, 0.4) is 0 Å². The topological polar surface area (TPSA) is 21.3 Å². The van der Waals surface area contributed by atoms with Crippen LogP contribution in [0.1, 0.15) is 20.8 Å². The largest absolute Gasteiger partial charge is 0.493 e. The molecule has 0 amide bonds. The van der Waals surface area contributed by atoms with Crippen molar-refractivity contribution in [1.82, 2.24) is 5.32 Å². The molecule has 1 N–H and O–H groups in total. The van der Waals surface area contributed by atoms with Crippen molar-refractivity contribution in [2.45, 2.75) is 20.8 Å². The second-order valence-electron chi connectivity index (χ2n) is 4.92. The van der Waals surface area contributed by atoms with Crippen LogP contribution in [0.2, 0.25) is 0 Å². The van der Waals surface area contributed by atoms with Crippen LogP contribution in [-0.2, 0) is 0 Å². The highest BCUT2D eigenvalue weighted by atomic mass is 19.1. The van der Waals surface area contributed by atoms with E-state index >= 15 is 0 Å². The van der Waals surface area contributed by atoms with Gasteiger partial charge in [0.25, 0.3) is 0 Å².